The number of thiocarbonyl (C=S) groups is 1. The molecule has 1 N–H and O–H groups in total. The Morgan fingerprint density at radius 3 is 2.53 bits per heavy atom. The Kier molecular flexibility index (Phi) is 6.40. The molecule has 0 aliphatic carbocycles. The Labute approximate surface area is 217 Å². The van der Waals surface area contributed by atoms with Gasteiger partial charge in [0, 0.05) is 28.8 Å². The molecule has 9 heteroatoms. The summed E-state index contributed by atoms with van der Waals surface area (Å²) in [6, 6.07) is 20.5. The standard InChI is InChI=1S/C25H19Cl3N4OS/c1-33-22-10-8-16(14-18(22)28)32-24(23(30-25(32)34)19-5-2-3-11-29-19)21-6-4-12-31(21)20-9-7-15(26)13-17(20)27/h2-14,23-24H,1H3,(H,30,34)/t23-,24-/m1/s1. The van der Waals surface area contributed by atoms with Crippen LogP contribution in [0.1, 0.15) is 23.5 Å². The van der Waals surface area contributed by atoms with E-state index >= 15 is 0 Å². The zero-order valence-electron chi connectivity index (χ0n) is 18.0. The first kappa shape index (κ1) is 23.0. The van der Waals surface area contributed by atoms with Gasteiger partial charge in [0.1, 0.15) is 11.8 Å². The lowest BCUT2D eigenvalue weighted by molar-refractivity contribution is 0.415. The molecule has 0 radical (unpaired) electrons. The van der Waals surface area contributed by atoms with E-state index in [0.29, 0.717) is 25.9 Å². The van der Waals surface area contributed by atoms with E-state index in [1.165, 1.54) is 0 Å². The van der Waals surface area contributed by atoms with E-state index in [-0.39, 0.29) is 12.1 Å². The highest BCUT2D eigenvalue weighted by atomic mass is 35.5. The van der Waals surface area contributed by atoms with Crippen molar-refractivity contribution in [3.05, 3.63) is 106 Å². The van der Waals surface area contributed by atoms with Crippen LogP contribution in [-0.4, -0.2) is 21.8 Å². The Bertz CT molecular complexity index is 1360. The largest absolute Gasteiger partial charge is 0.495 e. The highest BCUT2D eigenvalue weighted by molar-refractivity contribution is 7.80. The molecule has 1 aliphatic heterocycles. The molecule has 0 saturated carbocycles. The molecule has 0 bridgehead atoms. The average molecular weight is 530 g/mol. The molecule has 2 aromatic carbocycles. The van der Waals surface area contributed by atoms with E-state index in [0.717, 1.165) is 22.8 Å². The normalized spacial score (nSPS) is 17.6. The molecular weight excluding hydrogens is 511 g/mol. The molecule has 0 amide bonds. The zero-order valence-corrected chi connectivity index (χ0v) is 21.0. The number of hydrogen-bond donors (Lipinski definition) is 1. The summed E-state index contributed by atoms with van der Waals surface area (Å²) in [7, 11) is 1.59. The highest BCUT2D eigenvalue weighted by Crippen LogP contribution is 2.44. The van der Waals surface area contributed by atoms with Crippen molar-refractivity contribution >= 4 is 57.8 Å². The zero-order chi connectivity index (χ0) is 23.8. The van der Waals surface area contributed by atoms with Gasteiger partial charge >= 0.3 is 0 Å². The van der Waals surface area contributed by atoms with Crippen LogP contribution in [0, 0.1) is 0 Å². The minimum Gasteiger partial charge on any atom is -0.495 e. The number of methoxy groups -OCH3 is 1. The lowest BCUT2D eigenvalue weighted by Gasteiger charge is -2.29. The summed E-state index contributed by atoms with van der Waals surface area (Å²) < 4.78 is 7.39. The van der Waals surface area contributed by atoms with Crippen molar-refractivity contribution in [2.75, 3.05) is 12.0 Å². The predicted octanol–water partition coefficient (Wildman–Crippen LogP) is 7.02. The molecule has 4 aromatic rings. The second kappa shape index (κ2) is 9.47. The lowest BCUT2D eigenvalue weighted by atomic mass is 10.0. The van der Waals surface area contributed by atoms with Gasteiger partial charge in [0.25, 0.3) is 0 Å². The van der Waals surface area contributed by atoms with Gasteiger partial charge in [-0.1, -0.05) is 40.9 Å². The van der Waals surface area contributed by atoms with Gasteiger partial charge in [-0.05, 0) is 72.9 Å². The number of ether oxygens (including phenoxy) is 1. The second-order valence-electron chi connectivity index (χ2n) is 7.71. The highest BCUT2D eigenvalue weighted by Gasteiger charge is 2.42. The van der Waals surface area contributed by atoms with Gasteiger partial charge in [-0.25, -0.2) is 0 Å². The van der Waals surface area contributed by atoms with Gasteiger partial charge in [0.2, 0.25) is 0 Å². The SMILES string of the molecule is COc1ccc(N2C(=S)N[C@H](c3ccccn3)[C@H]2c2cccn2-c2ccc(Cl)cc2Cl)cc1Cl. The summed E-state index contributed by atoms with van der Waals surface area (Å²) in [5, 5.41) is 5.65. The van der Waals surface area contributed by atoms with E-state index in [1.807, 2.05) is 65.4 Å². The van der Waals surface area contributed by atoms with Crippen LogP contribution in [0.25, 0.3) is 5.69 Å². The fraction of sp³-hybridized carbons (Fsp3) is 0.120. The molecule has 2 aromatic heterocycles. The van der Waals surface area contributed by atoms with Crippen molar-refractivity contribution in [3.8, 4) is 11.4 Å². The van der Waals surface area contributed by atoms with Gasteiger partial charge in [-0.15, -0.1) is 0 Å². The van der Waals surface area contributed by atoms with Gasteiger partial charge in [-0.3, -0.25) is 4.98 Å². The summed E-state index contributed by atoms with van der Waals surface area (Å²) in [5.74, 6) is 0.595. The fourth-order valence-electron chi connectivity index (χ4n) is 4.27. The van der Waals surface area contributed by atoms with Crippen molar-refractivity contribution < 1.29 is 4.74 Å². The minimum absolute atomic E-state index is 0.214. The van der Waals surface area contributed by atoms with Crippen LogP contribution >= 0.6 is 47.0 Å². The van der Waals surface area contributed by atoms with Crippen LogP contribution < -0.4 is 15.0 Å². The van der Waals surface area contributed by atoms with E-state index < -0.39 is 0 Å². The molecule has 1 fully saturated rings. The number of hydrogen-bond acceptors (Lipinski definition) is 3. The van der Waals surface area contributed by atoms with E-state index in [9.17, 15) is 0 Å². The molecule has 0 unspecified atom stereocenters. The third-order valence-corrected chi connectivity index (χ3v) is 6.91. The van der Waals surface area contributed by atoms with Crippen molar-refractivity contribution in [2.45, 2.75) is 12.1 Å². The summed E-state index contributed by atoms with van der Waals surface area (Å²) in [5.41, 5.74) is 3.49. The van der Waals surface area contributed by atoms with Crippen LogP contribution in [0.15, 0.2) is 79.1 Å². The molecule has 2 atom stereocenters. The molecule has 34 heavy (non-hydrogen) atoms. The number of halogens is 3. The second-order valence-corrected chi connectivity index (χ2v) is 9.35. The van der Waals surface area contributed by atoms with Crippen molar-refractivity contribution in [2.24, 2.45) is 0 Å². The maximum Gasteiger partial charge on any atom is 0.174 e. The number of nitrogens with zero attached hydrogens (tertiary/aromatic N) is 3. The third-order valence-electron chi connectivity index (χ3n) is 5.76. The molecule has 5 rings (SSSR count). The number of nitrogens with one attached hydrogen (secondary N) is 1. The average Bonchev–Trinajstić information content (AvgIpc) is 3.43. The van der Waals surface area contributed by atoms with Crippen LogP contribution in [-0.2, 0) is 0 Å². The van der Waals surface area contributed by atoms with Crippen LogP contribution in [0.4, 0.5) is 5.69 Å². The molecule has 172 valence electrons. The van der Waals surface area contributed by atoms with E-state index in [2.05, 4.69) is 21.3 Å². The van der Waals surface area contributed by atoms with Crippen LogP contribution in [0.3, 0.4) is 0 Å². The maximum atomic E-state index is 6.59. The third kappa shape index (κ3) is 4.12. The van der Waals surface area contributed by atoms with Crippen molar-refractivity contribution in [3.63, 3.8) is 0 Å². The predicted molar refractivity (Wildman–Crippen MR) is 142 cm³/mol. The first-order valence-corrected chi connectivity index (χ1v) is 12.0. The van der Waals surface area contributed by atoms with E-state index in [1.54, 1.807) is 19.4 Å². The van der Waals surface area contributed by atoms with Gasteiger partial charge < -0.3 is 19.5 Å². The topological polar surface area (TPSA) is 42.3 Å². The smallest absolute Gasteiger partial charge is 0.174 e. The molecule has 5 nitrogen and oxygen atoms in total. The first-order valence-electron chi connectivity index (χ1n) is 10.4. The monoisotopic (exact) mass is 528 g/mol. The van der Waals surface area contributed by atoms with Gasteiger partial charge in [-0.2, -0.15) is 0 Å². The molecule has 0 spiro atoms. The molecule has 1 aliphatic rings. The van der Waals surface area contributed by atoms with Crippen LogP contribution in [0.2, 0.25) is 15.1 Å². The number of benzene rings is 2. The van der Waals surface area contributed by atoms with E-state index in [4.69, 9.17) is 51.8 Å². The van der Waals surface area contributed by atoms with Crippen molar-refractivity contribution in [1.82, 2.24) is 14.9 Å². The molecule has 1 saturated heterocycles. The fourth-order valence-corrected chi connectivity index (χ4v) is 5.37. The maximum absolute atomic E-state index is 6.59. The number of anilines is 1. The number of pyridine rings is 1. The molecular formula is C25H19Cl3N4OS. The van der Waals surface area contributed by atoms with Gasteiger partial charge in [0.05, 0.1) is 34.6 Å². The number of rotatable bonds is 5. The quantitative estimate of drug-likeness (QED) is 0.281. The molecule has 3 heterocycles. The summed E-state index contributed by atoms with van der Waals surface area (Å²) in [6.07, 6.45) is 3.75. The summed E-state index contributed by atoms with van der Waals surface area (Å²) in [6.45, 7) is 0. The van der Waals surface area contributed by atoms with Gasteiger partial charge in [0.15, 0.2) is 5.11 Å². The van der Waals surface area contributed by atoms with Crippen LogP contribution in [0.5, 0.6) is 5.75 Å². The lowest BCUT2D eigenvalue weighted by Crippen LogP contribution is -2.30. The first-order chi connectivity index (χ1) is 16.5. The Morgan fingerprint density at radius 2 is 1.82 bits per heavy atom. The minimum atomic E-state index is -0.242. The van der Waals surface area contributed by atoms with Crippen molar-refractivity contribution in [1.29, 1.82) is 0 Å². The summed E-state index contributed by atoms with van der Waals surface area (Å²) in [4.78, 5) is 6.66. The Hall–Kier alpha value is -2.77. The summed E-state index contributed by atoms with van der Waals surface area (Å²) >= 11 is 25.0. The number of aromatic nitrogens is 2. The Morgan fingerprint density at radius 1 is 0.971 bits per heavy atom. The Balaban J connectivity index is 1.68.